The van der Waals surface area contributed by atoms with Crippen molar-refractivity contribution in [2.45, 2.75) is 13.8 Å². The molecule has 0 saturated carbocycles. The van der Waals surface area contributed by atoms with E-state index < -0.39 is 0 Å². The zero-order valence-electron chi connectivity index (χ0n) is 21.0. The van der Waals surface area contributed by atoms with Crippen LogP contribution >= 0.6 is 48.0 Å². The lowest BCUT2D eigenvalue weighted by Gasteiger charge is -2.34. The molecule has 3 amide bonds. The van der Waals surface area contributed by atoms with Crippen molar-refractivity contribution in [3.63, 3.8) is 0 Å². The summed E-state index contributed by atoms with van der Waals surface area (Å²) in [6.07, 6.45) is 0. The molecule has 1 saturated heterocycles. The molecule has 37 heavy (non-hydrogen) atoms. The van der Waals surface area contributed by atoms with Crippen LogP contribution in [-0.4, -0.2) is 73.9 Å². The highest BCUT2D eigenvalue weighted by Crippen LogP contribution is 2.23. The van der Waals surface area contributed by atoms with E-state index in [4.69, 9.17) is 33.7 Å². The summed E-state index contributed by atoms with van der Waals surface area (Å²) in [4.78, 5) is 38.8. The van der Waals surface area contributed by atoms with Gasteiger partial charge in [0.1, 0.15) is 5.75 Å². The molecule has 1 aliphatic heterocycles. The quantitative estimate of drug-likeness (QED) is 0.500. The molecule has 12 heteroatoms. The minimum absolute atomic E-state index is 0. The minimum Gasteiger partial charge on any atom is -0.497 e. The first-order valence-corrected chi connectivity index (χ1v) is 12.1. The summed E-state index contributed by atoms with van der Waals surface area (Å²) in [6, 6.07) is 12.0. The van der Waals surface area contributed by atoms with Crippen LogP contribution in [0.15, 0.2) is 42.5 Å². The van der Waals surface area contributed by atoms with Gasteiger partial charge in [-0.15, -0.1) is 24.8 Å². The minimum atomic E-state index is -0.241. The Hall–Kier alpha value is -2.23. The Kier molecular flexibility index (Phi) is 16.3. The summed E-state index contributed by atoms with van der Waals surface area (Å²) in [5, 5.41) is 3.74. The predicted octanol–water partition coefficient (Wildman–Crippen LogP) is 4.16. The van der Waals surface area contributed by atoms with Crippen LogP contribution in [0, 0.1) is 5.92 Å². The summed E-state index contributed by atoms with van der Waals surface area (Å²) in [5.41, 5.74) is 5.91. The van der Waals surface area contributed by atoms with Gasteiger partial charge in [-0.05, 0) is 36.4 Å². The van der Waals surface area contributed by atoms with E-state index in [0.29, 0.717) is 46.6 Å². The Morgan fingerprint density at radius 2 is 1.59 bits per heavy atom. The molecule has 3 N–H and O–H groups in total. The number of nitrogens with zero attached hydrogens (tertiary/aromatic N) is 2. The van der Waals surface area contributed by atoms with E-state index in [2.05, 4.69) is 10.2 Å². The fourth-order valence-electron chi connectivity index (χ4n) is 3.18. The van der Waals surface area contributed by atoms with Gasteiger partial charge < -0.3 is 20.7 Å². The summed E-state index contributed by atoms with van der Waals surface area (Å²) in [5.74, 6) is 0.229. The largest absolute Gasteiger partial charge is 0.497 e. The zero-order chi connectivity index (χ0) is 26.0. The van der Waals surface area contributed by atoms with Gasteiger partial charge in [-0.25, -0.2) is 0 Å². The van der Waals surface area contributed by atoms with Crippen LogP contribution in [0.5, 0.6) is 5.75 Å². The molecule has 0 bridgehead atoms. The first kappa shape index (κ1) is 34.8. The third kappa shape index (κ3) is 11.4. The molecule has 206 valence electrons. The molecule has 0 aromatic heterocycles. The fourth-order valence-corrected chi connectivity index (χ4v) is 3.48. The Bertz CT molecular complexity index is 1030. The number of piperazine rings is 1. The second-order valence-electron chi connectivity index (χ2n) is 8.31. The first-order chi connectivity index (χ1) is 16.6. The van der Waals surface area contributed by atoms with Crippen LogP contribution in [0.4, 0.5) is 0 Å². The summed E-state index contributed by atoms with van der Waals surface area (Å²) >= 11 is 11.9. The Balaban J connectivity index is 0.00000145. The molecular weight excluding hydrogens is 562 g/mol. The number of amides is 3. The number of hydrogen-bond donors (Lipinski definition) is 2. The molecule has 0 atom stereocenters. The molecule has 0 spiro atoms. The van der Waals surface area contributed by atoms with Gasteiger partial charge in [-0.2, -0.15) is 0 Å². The van der Waals surface area contributed by atoms with E-state index in [1.807, 2.05) is 4.90 Å². The molecule has 8 nitrogen and oxygen atoms in total. The number of nitrogens with two attached hydrogens (primary N) is 1. The number of methoxy groups -OCH3 is 1. The van der Waals surface area contributed by atoms with E-state index in [1.165, 1.54) is 0 Å². The van der Waals surface area contributed by atoms with Crippen LogP contribution in [-0.2, 0) is 4.79 Å². The number of benzene rings is 2. The topological polar surface area (TPSA) is 105 Å². The van der Waals surface area contributed by atoms with Crippen molar-refractivity contribution in [1.82, 2.24) is 15.1 Å². The van der Waals surface area contributed by atoms with Crippen LogP contribution in [0.3, 0.4) is 0 Å². The van der Waals surface area contributed by atoms with Crippen molar-refractivity contribution in [3.05, 3.63) is 63.6 Å². The monoisotopic (exact) mass is 594 g/mol. The van der Waals surface area contributed by atoms with Gasteiger partial charge >= 0.3 is 0 Å². The standard InChI is InChI=1S/C21H23Cl2N3O3.C4H9NO.2ClH/c1-29-17-4-2-3-15(13-17)20(27)24-7-8-25-9-11-26(12-10-25)21(28)16-5-6-18(22)19(23)14-16;1-3(2)4(5)6;;/h2-6,13-14H,7-12H2,1H3,(H,24,27);3H,1-2H3,(H2,5,6);2*1H. The number of rotatable bonds is 7. The van der Waals surface area contributed by atoms with Gasteiger partial charge in [0.2, 0.25) is 5.91 Å². The smallest absolute Gasteiger partial charge is 0.253 e. The summed E-state index contributed by atoms with van der Waals surface area (Å²) < 4.78 is 5.14. The highest BCUT2D eigenvalue weighted by atomic mass is 35.5. The van der Waals surface area contributed by atoms with Gasteiger partial charge in [0.25, 0.3) is 11.8 Å². The average molecular weight is 596 g/mol. The lowest BCUT2D eigenvalue weighted by atomic mass is 10.2. The maximum absolute atomic E-state index is 12.6. The molecule has 0 aliphatic carbocycles. The molecule has 2 aromatic rings. The van der Waals surface area contributed by atoms with Crippen LogP contribution < -0.4 is 15.8 Å². The molecular formula is C25H34Cl4N4O4. The second kappa shape index (κ2) is 17.3. The van der Waals surface area contributed by atoms with Crippen molar-refractivity contribution < 1.29 is 19.1 Å². The number of halogens is 4. The summed E-state index contributed by atoms with van der Waals surface area (Å²) in [6.45, 7) is 7.56. The lowest BCUT2D eigenvalue weighted by Crippen LogP contribution is -2.50. The molecule has 3 rings (SSSR count). The van der Waals surface area contributed by atoms with Crippen molar-refractivity contribution in [2.75, 3.05) is 46.4 Å². The van der Waals surface area contributed by atoms with E-state index >= 15 is 0 Å². The normalized spacial score (nSPS) is 12.9. The average Bonchev–Trinajstić information content (AvgIpc) is 2.86. The maximum atomic E-state index is 12.6. The first-order valence-electron chi connectivity index (χ1n) is 11.3. The third-order valence-corrected chi connectivity index (χ3v) is 6.18. The zero-order valence-corrected chi connectivity index (χ0v) is 24.2. The number of carbonyl (C=O) groups excluding carboxylic acids is 3. The number of nitrogens with one attached hydrogen (secondary N) is 1. The molecule has 1 fully saturated rings. The van der Waals surface area contributed by atoms with Crippen LogP contribution in [0.25, 0.3) is 0 Å². The third-order valence-electron chi connectivity index (χ3n) is 5.44. The molecule has 0 radical (unpaired) electrons. The number of ether oxygens (including phenoxy) is 1. The van der Waals surface area contributed by atoms with E-state index in [1.54, 1.807) is 63.4 Å². The van der Waals surface area contributed by atoms with Gasteiger partial charge in [0.05, 0.1) is 17.2 Å². The Labute approximate surface area is 240 Å². The Morgan fingerprint density at radius 3 is 2.14 bits per heavy atom. The number of carbonyl (C=O) groups is 3. The lowest BCUT2D eigenvalue weighted by molar-refractivity contribution is -0.120. The number of hydrogen-bond acceptors (Lipinski definition) is 5. The van der Waals surface area contributed by atoms with Crippen LogP contribution in [0.2, 0.25) is 10.0 Å². The van der Waals surface area contributed by atoms with E-state index in [0.717, 1.165) is 19.6 Å². The molecule has 2 aromatic carbocycles. The van der Waals surface area contributed by atoms with Crippen LogP contribution in [0.1, 0.15) is 34.6 Å². The van der Waals surface area contributed by atoms with E-state index in [-0.39, 0.29) is 48.5 Å². The van der Waals surface area contributed by atoms with Gasteiger partial charge in [-0.3, -0.25) is 19.3 Å². The highest BCUT2D eigenvalue weighted by Gasteiger charge is 2.22. The Morgan fingerprint density at radius 1 is 0.973 bits per heavy atom. The SMILES string of the molecule is CC(C)C(N)=O.COc1cccc(C(=O)NCCN2CCN(C(=O)c3ccc(Cl)c(Cl)c3)CC2)c1.Cl.Cl. The van der Waals surface area contributed by atoms with Gasteiger partial charge in [0, 0.05) is 56.3 Å². The van der Waals surface area contributed by atoms with E-state index in [9.17, 15) is 14.4 Å². The van der Waals surface area contributed by atoms with Crippen molar-refractivity contribution in [3.8, 4) is 5.75 Å². The number of primary amides is 1. The highest BCUT2D eigenvalue weighted by molar-refractivity contribution is 6.42. The fraction of sp³-hybridized carbons (Fsp3) is 0.400. The van der Waals surface area contributed by atoms with Crippen molar-refractivity contribution in [2.24, 2.45) is 11.7 Å². The molecule has 1 heterocycles. The maximum Gasteiger partial charge on any atom is 0.253 e. The molecule has 0 unspecified atom stereocenters. The second-order valence-corrected chi connectivity index (χ2v) is 9.12. The summed E-state index contributed by atoms with van der Waals surface area (Å²) in [7, 11) is 1.57. The van der Waals surface area contributed by atoms with Crippen molar-refractivity contribution >= 4 is 65.7 Å². The predicted molar refractivity (Wildman–Crippen MR) is 153 cm³/mol. The van der Waals surface area contributed by atoms with Gasteiger partial charge in [-0.1, -0.05) is 43.1 Å². The van der Waals surface area contributed by atoms with Crippen molar-refractivity contribution in [1.29, 1.82) is 0 Å². The molecule has 1 aliphatic rings. The van der Waals surface area contributed by atoms with Gasteiger partial charge in [0.15, 0.2) is 0 Å².